The number of carbonyl (C=O) groups excluding carboxylic acids is 1. The Hall–Kier alpha value is -1.89. The minimum absolute atomic E-state index is 0.0359. The van der Waals surface area contributed by atoms with Crippen molar-refractivity contribution in [3.05, 3.63) is 29.8 Å². The second-order valence-electron chi connectivity index (χ2n) is 4.71. The molecule has 0 aliphatic rings. The van der Waals surface area contributed by atoms with Gasteiger partial charge >= 0.3 is 0 Å². The van der Waals surface area contributed by atoms with Gasteiger partial charge in [-0.15, -0.1) is 5.10 Å². The highest BCUT2D eigenvalue weighted by atomic mass is 32.2. The Kier molecular flexibility index (Phi) is 4.39. The summed E-state index contributed by atoms with van der Waals surface area (Å²) in [5, 5.41) is 12.1. The quantitative estimate of drug-likeness (QED) is 0.800. The zero-order valence-electron chi connectivity index (χ0n) is 11.9. The van der Waals surface area contributed by atoms with Crippen molar-refractivity contribution in [2.45, 2.75) is 24.3 Å². The third-order valence-electron chi connectivity index (χ3n) is 2.76. The van der Waals surface area contributed by atoms with Crippen molar-refractivity contribution >= 4 is 17.7 Å². The Morgan fingerprint density at radius 1 is 1.40 bits per heavy atom. The van der Waals surface area contributed by atoms with Gasteiger partial charge in [0.15, 0.2) is 0 Å². The summed E-state index contributed by atoms with van der Waals surface area (Å²) in [5.74, 6) is 0.0359. The van der Waals surface area contributed by atoms with Gasteiger partial charge in [-0.05, 0) is 42.0 Å². The van der Waals surface area contributed by atoms with Crippen molar-refractivity contribution < 1.29 is 4.79 Å². The van der Waals surface area contributed by atoms with Gasteiger partial charge in [-0.25, -0.2) is 0 Å². The Bertz CT molecular complexity index is 610. The molecule has 7 heteroatoms. The summed E-state index contributed by atoms with van der Waals surface area (Å²) >= 11 is 1.35. The molecule has 1 aromatic carbocycles. The van der Waals surface area contributed by atoms with Crippen LogP contribution in [0.2, 0.25) is 0 Å². The number of tetrazole rings is 1. The zero-order valence-corrected chi connectivity index (χ0v) is 12.8. The number of hydrogen-bond donors (Lipinski definition) is 0. The van der Waals surface area contributed by atoms with Crippen LogP contribution in [0.4, 0.5) is 0 Å². The maximum Gasteiger partial charge on any atom is 0.235 e. The van der Waals surface area contributed by atoms with Crippen LogP contribution in [0.1, 0.15) is 12.5 Å². The molecule has 1 amide bonds. The minimum Gasteiger partial charge on any atom is -0.348 e. The fraction of sp³-hybridized carbons (Fsp3) is 0.385. The molecule has 0 aliphatic carbocycles. The Morgan fingerprint density at radius 2 is 2.15 bits per heavy atom. The highest BCUT2D eigenvalue weighted by molar-refractivity contribution is 8.00. The molecular weight excluding hydrogens is 274 g/mol. The second-order valence-corrected chi connectivity index (χ2v) is 6.01. The van der Waals surface area contributed by atoms with E-state index in [4.69, 9.17) is 0 Å². The van der Waals surface area contributed by atoms with E-state index in [0.717, 1.165) is 11.3 Å². The molecule has 0 saturated carbocycles. The van der Waals surface area contributed by atoms with Gasteiger partial charge in [0.25, 0.3) is 0 Å². The van der Waals surface area contributed by atoms with E-state index in [1.165, 1.54) is 11.8 Å². The average Bonchev–Trinajstić information content (AvgIpc) is 2.85. The molecule has 0 bridgehead atoms. The molecule has 2 rings (SSSR count). The van der Waals surface area contributed by atoms with E-state index in [1.807, 2.05) is 38.1 Å². The van der Waals surface area contributed by atoms with Crippen LogP contribution in [0.5, 0.6) is 0 Å². The van der Waals surface area contributed by atoms with Gasteiger partial charge in [0.2, 0.25) is 11.1 Å². The topological polar surface area (TPSA) is 63.9 Å². The molecule has 0 aliphatic heterocycles. The average molecular weight is 291 g/mol. The van der Waals surface area contributed by atoms with Crippen molar-refractivity contribution in [1.82, 2.24) is 25.1 Å². The van der Waals surface area contributed by atoms with Crippen LogP contribution in [-0.2, 0) is 4.79 Å². The lowest BCUT2D eigenvalue weighted by Gasteiger charge is -2.15. The highest BCUT2D eigenvalue weighted by Crippen LogP contribution is 2.23. The van der Waals surface area contributed by atoms with Gasteiger partial charge in [0, 0.05) is 14.1 Å². The lowest BCUT2D eigenvalue weighted by atomic mass is 10.2. The molecule has 0 N–H and O–H groups in total. The molecule has 1 heterocycles. The lowest BCUT2D eigenvalue weighted by molar-refractivity contribution is -0.127. The van der Waals surface area contributed by atoms with E-state index in [1.54, 1.807) is 23.7 Å². The van der Waals surface area contributed by atoms with Gasteiger partial charge < -0.3 is 4.90 Å². The minimum atomic E-state index is -0.237. The number of benzene rings is 1. The maximum atomic E-state index is 11.9. The third-order valence-corrected chi connectivity index (χ3v) is 3.78. The summed E-state index contributed by atoms with van der Waals surface area (Å²) in [6.45, 7) is 3.86. The van der Waals surface area contributed by atoms with Crippen LogP contribution < -0.4 is 0 Å². The number of thioether (sulfide) groups is 1. The van der Waals surface area contributed by atoms with Crippen LogP contribution >= 0.6 is 11.8 Å². The normalized spacial score (nSPS) is 12.2. The Morgan fingerprint density at radius 3 is 2.80 bits per heavy atom. The first kappa shape index (κ1) is 14.5. The fourth-order valence-electron chi connectivity index (χ4n) is 1.75. The molecule has 1 aromatic heterocycles. The number of carbonyl (C=O) groups is 1. The largest absolute Gasteiger partial charge is 0.348 e. The van der Waals surface area contributed by atoms with Crippen molar-refractivity contribution in [1.29, 1.82) is 0 Å². The van der Waals surface area contributed by atoms with Crippen LogP contribution in [0.25, 0.3) is 5.69 Å². The molecular formula is C13H17N5OS. The van der Waals surface area contributed by atoms with E-state index in [9.17, 15) is 4.79 Å². The smallest absolute Gasteiger partial charge is 0.235 e. The summed E-state index contributed by atoms with van der Waals surface area (Å²) in [7, 11) is 3.48. The summed E-state index contributed by atoms with van der Waals surface area (Å²) in [6.07, 6.45) is 0. The number of amides is 1. The van der Waals surface area contributed by atoms with Crippen LogP contribution in [0, 0.1) is 6.92 Å². The van der Waals surface area contributed by atoms with Gasteiger partial charge in [0.05, 0.1) is 10.9 Å². The molecule has 2 aromatic rings. The predicted octanol–water partition coefficient (Wildman–Crippen LogP) is 1.54. The van der Waals surface area contributed by atoms with Gasteiger partial charge in [-0.3, -0.25) is 4.79 Å². The summed E-state index contributed by atoms with van der Waals surface area (Å²) in [4.78, 5) is 13.5. The first-order valence-electron chi connectivity index (χ1n) is 6.22. The van der Waals surface area contributed by atoms with E-state index in [-0.39, 0.29) is 11.2 Å². The molecule has 1 unspecified atom stereocenters. The number of aryl methyl sites for hydroxylation is 1. The van der Waals surface area contributed by atoms with E-state index in [2.05, 4.69) is 15.5 Å². The molecule has 0 spiro atoms. The predicted molar refractivity (Wildman–Crippen MR) is 77.9 cm³/mol. The molecule has 20 heavy (non-hydrogen) atoms. The van der Waals surface area contributed by atoms with Crippen molar-refractivity contribution in [3.63, 3.8) is 0 Å². The van der Waals surface area contributed by atoms with Crippen LogP contribution in [-0.4, -0.2) is 50.4 Å². The number of rotatable bonds is 4. The monoisotopic (exact) mass is 291 g/mol. The van der Waals surface area contributed by atoms with Crippen molar-refractivity contribution in [2.75, 3.05) is 14.1 Å². The first-order chi connectivity index (χ1) is 9.49. The standard InChI is InChI=1S/C13H17N5OS/c1-9-6-5-7-11(8-9)18-13(14-15-16-18)20-10(2)12(19)17(3)4/h5-8,10H,1-4H3. The summed E-state index contributed by atoms with van der Waals surface area (Å²) < 4.78 is 1.65. The van der Waals surface area contributed by atoms with Gasteiger partial charge in [-0.1, -0.05) is 23.9 Å². The summed E-state index contributed by atoms with van der Waals surface area (Å²) in [5.41, 5.74) is 2.02. The first-order valence-corrected chi connectivity index (χ1v) is 7.10. The number of hydrogen-bond acceptors (Lipinski definition) is 5. The second kappa shape index (κ2) is 6.04. The SMILES string of the molecule is Cc1cccc(-n2nnnc2SC(C)C(=O)N(C)C)c1. The number of aromatic nitrogens is 4. The van der Waals surface area contributed by atoms with Crippen molar-refractivity contribution in [3.8, 4) is 5.69 Å². The van der Waals surface area contributed by atoms with Gasteiger partial charge in [-0.2, -0.15) is 4.68 Å². The lowest BCUT2D eigenvalue weighted by Crippen LogP contribution is -2.29. The molecule has 0 fully saturated rings. The molecule has 1 atom stereocenters. The molecule has 0 radical (unpaired) electrons. The zero-order chi connectivity index (χ0) is 14.7. The highest BCUT2D eigenvalue weighted by Gasteiger charge is 2.20. The molecule has 6 nitrogen and oxygen atoms in total. The van der Waals surface area contributed by atoms with Crippen LogP contribution in [0.15, 0.2) is 29.4 Å². The Labute approximate surface area is 122 Å². The van der Waals surface area contributed by atoms with E-state index < -0.39 is 0 Å². The molecule has 0 saturated heterocycles. The molecule has 106 valence electrons. The Balaban J connectivity index is 2.23. The fourth-order valence-corrected chi connectivity index (χ4v) is 2.70. The maximum absolute atomic E-state index is 11.9. The van der Waals surface area contributed by atoms with E-state index >= 15 is 0 Å². The third kappa shape index (κ3) is 3.16. The van der Waals surface area contributed by atoms with E-state index in [0.29, 0.717) is 5.16 Å². The van der Waals surface area contributed by atoms with Crippen molar-refractivity contribution in [2.24, 2.45) is 0 Å². The summed E-state index contributed by atoms with van der Waals surface area (Å²) in [6, 6.07) is 7.90. The van der Waals surface area contributed by atoms with Crippen LogP contribution in [0.3, 0.4) is 0 Å². The number of nitrogens with zero attached hydrogens (tertiary/aromatic N) is 5. The van der Waals surface area contributed by atoms with Gasteiger partial charge in [0.1, 0.15) is 0 Å².